The van der Waals surface area contributed by atoms with E-state index in [0.717, 1.165) is 5.92 Å². The van der Waals surface area contributed by atoms with Gasteiger partial charge in [-0.15, -0.1) is 0 Å². The molecule has 0 amide bonds. The molecule has 0 aliphatic rings. The first-order valence-corrected chi connectivity index (χ1v) is 7.46. The summed E-state index contributed by atoms with van der Waals surface area (Å²) >= 11 is 0. The van der Waals surface area contributed by atoms with Crippen LogP contribution in [0.5, 0.6) is 0 Å². The Kier molecular flexibility index (Phi) is 11.4. The molecule has 98 valence electrons. The Morgan fingerprint density at radius 3 is 2.12 bits per heavy atom. The van der Waals surface area contributed by atoms with E-state index in [1.807, 2.05) is 0 Å². The fraction of sp³-hybridized carbons (Fsp3) is 1.00. The van der Waals surface area contributed by atoms with Crippen molar-refractivity contribution in [3.05, 3.63) is 0 Å². The van der Waals surface area contributed by atoms with Gasteiger partial charge in [-0.25, -0.2) is 0 Å². The van der Waals surface area contributed by atoms with E-state index in [4.69, 9.17) is 0 Å². The van der Waals surface area contributed by atoms with E-state index in [-0.39, 0.29) is 0 Å². The average molecular weight is 227 g/mol. The highest BCUT2D eigenvalue weighted by atomic mass is 15.1. The van der Waals surface area contributed by atoms with Gasteiger partial charge in [-0.2, -0.15) is 0 Å². The molecule has 0 aromatic rings. The van der Waals surface area contributed by atoms with E-state index in [1.54, 1.807) is 0 Å². The summed E-state index contributed by atoms with van der Waals surface area (Å²) in [5.74, 6) is 0.916. The number of hydrogen-bond acceptors (Lipinski definition) is 1. The van der Waals surface area contributed by atoms with Crippen LogP contribution in [-0.2, 0) is 0 Å². The lowest BCUT2D eigenvalue weighted by Gasteiger charge is -2.21. The normalized spacial score (nSPS) is 13.3. The Hall–Kier alpha value is -0.0400. The van der Waals surface area contributed by atoms with E-state index in [1.165, 1.54) is 64.6 Å². The molecule has 0 heterocycles. The van der Waals surface area contributed by atoms with Gasteiger partial charge in [0.2, 0.25) is 0 Å². The molecule has 0 aromatic heterocycles. The number of hydrogen-bond donors (Lipinski definition) is 0. The third-order valence-electron chi connectivity index (χ3n) is 3.64. The minimum Gasteiger partial charge on any atom is -0.304 e. The molecule has 0 N–H and O–H groups in total. The third kappa shape index (κ3) is 9.21. The van der Waals surface area contributed by atoms with Gasteiger partial charge in [0.15, 0.2) is 0 Å². The SMILES string of the molecule is CCCCCCN(CC)CCCC(C)CC. The minimum absolute atomic E-state index is 0.916. The monoisotopic (exact) mass is 227 g/mol. The van der Waals surface area contributed by atoms with Crippen molar-refractivity contribution < 1.29 is 0 Å². The van der Waals surface area contributed by atoms with Crippen LogP contribution >= 0.6 is 0 Å². The summed E-state index contributed by atoms with van der Waals surface area (Å²) in [5, 5.41) is 0. The van der Waals surface area contributed by atoms with Gasteiger partial charge >= 0.3 is 0 Å². The third-order valence-corrected chi connectivity index (χ3v) is 3.64. The maximum Gasteiger partial charge on any atom is -0.00188 e. The molecular weight excluding hydrogens is 194 g/mol. The summed E-state index contributed by atoms with van der Waals surface area (Å²) in [6, 6.07) is 0. The van der Waals surface area contributed by atoms with Crippen LogP contribution in [0.3, 0.4) is 0 Å². The van der Waals surface area contributed by atoms with Crippen molar-refractivity contribution in [2.75, 3.05) is 19.6 Å². The van der Waals surface area contributed by atoms with Gasteiger partial charge in [0.1, 0.15) is 0 Å². The van der Waals surface area contributed by atoms with Crippen molar-refractivity contribution in [2.24, 2.45) is 5.92 Å². The smallest absolute Gasteiger partial charge is 0.00188 e. The van der Waals surface area contributed by atoms with Crippen LogP contribution in [0.15, 0.2) is 0 Å². The zero-order valence-electron chi connectivity index (χ0n) is 12.1. The maximum absolute atomic E-state index is 2.62. The maximum atomic E-state index is 2.62. The first kappa shape index (κ1) is 16.0. The molecule has 0 aromatic carbocycles. The molecule has 1 unspecified atom stereocenters. The highest BCUT2D eigenvalue weighted by Crippen LogP contribution is 2.10. The van der Waals surface area contributed by atoms with Crippen molar-refractivity contribution in [2.45, 2.75) is 72.6 Å². The molecule has 1 atom stereocenters. The Labute approximate surface area is 104 Å². The number of unbranched alkanes of at least 4 members (excludes halogenated alkanes) is 3. The lowest BCUT2D eigenvalue weighted by atomic mass is 10.0. The zero-order valence-corrected chi connectivity index (χ0v) is 12.1. The van der Waals surface area contributed by atoms with Gasteiger partial charge in [-0.05, 0) is 44.8 Å². The summed E-state index contributed by atoms with van der Waals surface area (Å²) in [7, 11) is 0. The topological polar surface area (TPSA) is 3.24 Å². The molecule has 0 saturated heterocycles. The highest BCUT2D eigenvalue weighted by Gasteiger charge is 2.03. The summed E-state index contributed by atoms with van der Waals surface area (Å²) in [6.07, 6.45) is 9.69. The van der Waals surface area contributed by atoms with Gasteiger partial charge in [0.05, 0.1) is 0 Å². The van der Waals surface area contributed by atoms with Crippen LogP contribution < -0.4 is 0 Å². The van der Waals surface area contributed by atoms with Gasteiger partial charge in [0.25, 0.3) is 0 Å². The van der Waals surface area contributed by atoms with Crippen LogP contribution in [0.25, 0.3) is 0 Å². The summed E-state index contributed by atoms with van der Waals surface area (Å²) in [4.78, 5) is 2.62. The zero-order chi connectivity index (χ0) is 12.2. The molecule has 1 nitrogen and oxygen atoms in total. The van der Waals surface area contributed by atoms with Crippen molar-refractivity contribution in [3.8, 4) is 0 Å². The minimum atomic E-state index is 0.916. The van der Waals surface area contributed by atoms with E-state index in [2.05, 4.69) is 32.6 Å². The second kappa shape index (κ2) is 11.4. The van der Waals surface area contributed by atoms with Gasteiger partial charge in [-0.1, -0.05) is 53.4 Å². The van der Waals surface area contributed by atoms with Gasteiger partial charge in [0, 0.05) is 0 Å². The van der Waals surface area contributed by atoms with Crippen LogP contribution in [0, 0.1) is 5.92 Å². The summed E-state index contributed by atoms with van der Waals surface area (Å²) < 4.78 is 0. The summed E-state index contributed by atoms with van der Waals surface area (Å²) in [5.41, 5.74) is 0. The summed E-state index contributed by atoms with van der Waals surface area (Å²) in [6.45, 7) is 13.1. The van der Waals surface area contributed by atoms with Gasteiger partial charge < -0.3 is 4.90 Å². The van der Waals surface area contributed by atoms with Crippen LogP contribution in [0.1, 0.15) is 72.6 Å². The van der Waals surface area contributed by atoms with Crippen LogP contribution in [0.2, 0.25) is 0 Å². The van der Waals surface area contributed by atoms with Crippen LogP contribution in [-0.4, -0.2) is 24.5 Å². The fourth-order valence-electron chi connectivity index (χ4n) is 2.06. The Morgan fingerprint density at radius 2 is 1.56 bits per heavy atom. The Bertz CT molecular complexity index is 133. The van der Waals surface area contributed by atoms with Crippen molar-refractivity contribution in [3.63, 3.8) is 0 Å². The predicted molar refractivity (Wildman–Crippen MR) is 74.9 cm³/mol. The molecule has 16 heavy (non-hydrogen) atoms. The Morgan fingerprint density at radius 1 is 0.875 bits per heavy atom. The number of nitrogens with zero attached hydrogens (tertiary/aromatic N) is 1. The molecule has 0 saturated carbocycles. The predicted octanol–water partition coefficient (Wildman–Crippen LogP) is 4.71. The van der Waals surface area contributed by atoms with E-state index < -0.39 is 0 Å². The van der Waals surface area contributed by atoms with E-state index in [0.29, 0.717) is 0 Å². The van der Waals surface area contributed by atoms with E-state index in [9.17, 15) is 0 Å². The van der Waals surface area contributed by atoms with Crippen molar-refractivity contribution in [1.29, 1.82) is 0 Å². The second-order valence-corrected chi connectivity index (χ2v) is 5.15. The quantitative estimate of drug-likeness (QED) is 0.462. The molecule has 0 fully saturated rings. The number of rotatable bonds is 11. The Balaban J connectivity index is 3.43. The lowest BCUT2D eigenvalue weighted by molar-refractivity contribution is 0.267. The first-order chi connectivity index (χ1) is 7.74. The average Bonchev–Trinajstić information content (AvgIpc) is 2.31. The first-order valence-electron chi connectivity index (χ1n) is 7.46. The molecule has 0 radical (unpaired) electrons. The molecule has 0 aliphatic carbocycles. The largest absolute Gasteiger partial charge is 0.304 e. The molecule has 0 aliphatic heterocycles. The highest BCUT2D eigenvalue weighted by molar-refractivity contribution is 4.58. The van der Waals surface area contributed by atoms with Gasteiger partial charge in [-0.3, -0.25) is 0 Å². The molecule has 0 rings (SSSR count). The lowest BCUT2D eigenvalue weighted by Crippen LogP contribution is -2.26. The standard InChI is InChI=1S/C15H33N/c1-5-8-9-10-13-16(7-3)14-11-12-15(4)6-2/h15H,5-14H2,1-4H3. The van der Waals surface area contributed by atoms with Crippen LogP contribution in [0.4, 0.5) is 0 Å². The fourth-order valence-corrected chi connectivity index (χ4v) is 2.06. The van der Waals surface area contributed by atoms with Crippen molar-refractivity contribution in [1.82, 2.24) is 4.90 Å². The molecule has 0 spiro atoms. The van der Waals surface area contributed by atoms with Crippen molar-refractivity contribution >= 4 is 0 Å². The molecule has 1 heteroatoms. The molecular formula is C15H33N. The van der Waals surface area contributed by atoms with E-state index >= 15 is 0 Å². The second-order valence-electron chi connectivity index (χ2n) is 5.15. The molecule has 0 bridgehead atoms.